The molecule has 0 fully saturated rings. The van der Waals surface area contributed by atoms with Gasteiger partial charge in [0.2, 0.25) is 0 Å². The first-order valence-corrected chi connectivity index (χ1v) is 6.83. The first-order valence-electron chi connectivity index (χ1n) is 6.07. The summed E-state index contributed by atoms with van der Waals surface area (Å²) in [7, 11) is 0. The molecule has 0 radical (unpaired) electrons. The van der Waals surface area contributed by atoms with Gasteiger partial charge in [-0.15, -0.1) is 0 Å². The van der Waals surface area contributed by atoms with E-state index < -0.39 is 0 Å². The predicted molar refractivity (Wildman–Crippen MR) is 85.0 cm³/mol. The molecule has 4 heteroatoms. The van der Waals surface area contributed by atoms with E-state index in [1.807, 2.05) is 13.8 Å². The molecule has 0 spiro atoms. The van der Waals surface area contributed by atoms with Crippen LogP contribution in [0.2, 0.25) is 10.0 Å². The maximum Gasteiger partial charge on any atom is 0.150 e. The fraction of sp³-hybridized carbons (Fsp3) is 0.125. The Morgan fingerprint density at radius 3 is 1.30 bits per heavy atom. The van der Waals surface area contributed by atoms with Crippen LogP contribution < -0.4 is 0 Å². The van der Waals surface area contributed by atoms with Crippen molar-refractivity contribution >= 4 is 35.8 Å². The number of carbonyl (C=O) groups excluding carboxylic acids is 2. The summed E-state index contributed by atoms with van der Waals surface area (Å²) in [5, 5.41) is 1.19. The second-order valence-corrected chi connectivity index (χ2v) is 4.22. The van der Waals surface area contributed by atoms with E-state index >= 15 is 0 Å². The molecule has 0 heterocycles. The first kappa shape index (κ1) is 18.4. The van der Waals surface area contributed by atoms with Gasteiger partial charge in [0, 0.05) is 21.2 Å². The van der Waals surface area contributed by atoms with Gasteiger partial charge in [-0.05, 0) is 24.3 Å². The second kappa shape index (κ2) is 11.2. The minimum Gasteiger partial charge on any atom is -0.298 e. The quantitative estimate of drug-likeness (QED) is 0.702. The number of hydrogen-bond donors (Lipinski definition) is 0. The van der Waals surface area contributed by atoms with Crippen LogP contribution in [0.5, 0.6) is 0 Å². The van der Waals surface area contributed by atoms with E-state index in [4.69, 9.17) is 23.2 Å². The third kappa shape index (κ3) is 7.72. The van der Waals surface area contributed by atoms with Crippen LogP contribution in [0, 0.1) is 0 Å². The van der Waals surface area contributed by atoms with Crippen molar-refractivity contribution < 1.29 is 9.59 Å². The van der Waals surface area contributed by atoms with Crippen LogP contribution >= 0.6 is 23.2 Å². The van der Waals surface area contributed by atoms with Gasteiger partial charge in [-0.1, -0.05) is 61.3 Å². The van der Waals surface area contributed by atoms with Gasteiger partial charge in [0.15, 0.2) is 0 Å². The number of rotatable bonds is 2. The van der Waals surface area contributed by atoms with Crippen LogP contribution in [0.1, 0.15) is 34.6 Å². The van der Waals surface area contributed by atoms with E-state index in [9.17, 15) is 9.59 Å². The monoisotopic (exact) mass is 310 g/mol. The maximum absolute atomic E-state index is 10.1. The zero-order chi connectivity index (χ0) is 15.4. The molecule has 0 aliphatic rings. The summed E-state index contributed by atoms with van der Waals surface area (Å²) in [5.74, 6) is 0. The van der Waals surface area contributed by atoms with Gasteiger partial charge in [-0.3, -0.25) is 9.59 Å². The lowest BCUT2D eigenvalue weighted by Crippen LogP contribution is -1.75. The van der Waals surface area contributed by atoms with E-state index in [-0.39, 0.29) is 0 Å². The van der Waals surface area contributed by atoms with E-state index in [0.717, 1.165) is 12.6 Å². The number of benzene rings is 2. The Morgan fingerprint density at radius 1 is 0.750 bits per heavy atom. The lowest BCUT2D eigenvalue weighted by Gasteiger charge is -1.88. The third-order valence-electron chi connectivity index (χ3n) is 1.97. The third-order valence-corrected chi connectivity index (χ3v) is 2.44. The second-order valence-electron chi connectivity index (χ2n) is 3.35. The molecule has 2 aromatic carbocycles. The van der Waals surface area contributed by atoms with Crippen molar-refractivity contribution in [2.75, 3.05) is 0 Å². The highest BCUT2D eigenvalue weighted by molar-refractivity contribution is 6.31. The highest BCUT2D eigenvalue weighted by atomic mass is 35.5. The summed E-state index contributed by atoms with van der Waals surface area (Å²) < 4.78 is 0. The number of halogens is 2. The summed E-state index contributed by atoms with van der Waals surface area (Å²) in [4.78, 5) is 20.2. The minimum atomic E-state index is 0.597. The largest absolute Gasteiger partial charge is 0.298 e. The van der Waals surface area contributed by atoms with Gasteiger partial charge < -0.3 is 0 Å². The Morgan fingerprint density at radius 2 is 1.10 bits per heavy atom. The Balaban J connectivity index is 0.000000321. The molecule has 0 aromatic heterocycles. The predicted octanol–water partition coefficient (Wildman–Crippen LogP) is 5.33. The van der Waals surface area contributed by atoms with Gasteiger partial charge in [-0.25, -0.2) is 0 Å². The topological polar surface area (TPSA) is 34.1 Å². The molecule has 2 aromatic rings. The number of hydrogen-bond acceptors (Lipinski definition) is 2. The molecule has 0 bridgehead atoms. The zero-order valence-electron chi connectivity index (χ0n) is 11.3. The molecular weight excluding hydrogens is 295 g/mol. The van der Waals surface area contributed by atoms with Crippen molar-refractivity contribution in [3.63, 3.8) is 0 Å². The first-order chi connectivity index (χ1) is 9.65. The standard InChI is InChI=1S/2C7H5ClO.C2H6/c2*8-7-3-1-2-6(4-7)5-9;1-2/h2*1-5H;1-2H3. The van der Waals surface area contributed by atoms with Crippen molar-refractivity contribution in [3.05, 3.63) is 69.7 Å². The molecule has 2 rings (SSSR count). The van der Waals surface area contributed by atoms with E-state index in [0.29, 0.717) is 21.2 Å². The van der Waals surface area contributed by atoms with Crippen molar-refractivity contribution in [1.82, 2.24) is 0 Å². The SMILES string of the molecule is CC.O=Cc1cccc(Cl)c1.O=Cc1cccc(Cl)c1. The molecule has 0 aliphatic heterocycles. The average molecular weight is 311 g/mol. The van der Waals surface area contributed by atoms with Crippen LogP contribution in [0.4, 0.5) is 0 Å². The molecule has 0 N–H and O–H groups in total. The summed E-state index contributed by atoms with van der Waals surface area (Å²) in [5.41, 5.74) is 1.23. The fourth-order valence-electron chi connectivity index (χ4n) is 1.16. The molecule has 20 heavy (non-hydrogen) atoms. The lowest BCUT2D eigenvalue weighted by molar-refractivity contribution is 0.111. The van der Waals surface area contributed by atoms with Crippen LogP contribution in [-0.4, -0.2) is 12.6 Å². The Kier molecular flexibility index (Phi) is 10.3. The summed E-state index contributed by atoms with van der Waals surface area (Å²) in [6.45, 7) is 4.00. The normalized spacial score (nSPS) is 8.40. The smallest absolute Gasteiger partial charge is 0.150 e. The van der Waals surface area contributed by atoms with E-state index in [1.54, 1.807) is 48.5 Å². The fourth-order valence-corrected chi connectivity index (χ4v) is 1.56. The molecular formula is C16H16Cl2O2. The van der Waals surface area contributed by atoms with Crippen LogP contribution in [-0.2, 0) is 0 Å². The molecule has 0 atom stereocenters. The van der Waals surface area contributed by atoms with Crippen molar-refractivity contribution in [2.45, 2.75) is 13.8 Å². The Bertz CT molecular complexity index is 490. The van der Waals surface area contributed by atoms with Gasteiger partial charge in [-0.2, -0.15) is 0 Å². The van der Waals surface area contributed by atoms with Crippen molar-refractivity contribution in [1.29, 1.82) is 0 Å². The Labute approximate surface area is 129 Å². The molecule has 0 aliphatic carbocycles. The average Bonchev–Trinajstić information content (AvgIpc) is 2.50. The van der Waals surface area contributed by atoms with Crippen LogP contribution in [0.15, 0.2) is 48.5 Å². The van der Waals surface area contributed by atoms with Crippen molar-refractivity contribution in [3.8, 4) is 0 Å². The van der Waals surface area contributed by atoms with E-state index in [1.165, 1.54) is 0 Å². The molecule has 2 nitrogen and oxygen atoms in total. The van der Waals surface area contributed by atoms with Gasteiger partial charge in [0.05, 0.1) is 0 Å². The summed E-state index contributed by atoms with van der Waals surface area (Å²) in [6.07, 6.45) is 1.54. The van der Waals surface area contributed by atoms with Crippen molar-refractivity contribution in [2.24, 2.45) is 0 Å². The van der Waals surface area contributed by atoms with Gasteiger partial charge in [0.25, 0.3) is 0 Å². The van der Waals surface area contributed by atoms with Crippen LogP contribution in [0.3, 0.4) is 0 Å². The lowest BCUT2D eigenvalue weighted by atomic mass is 10.2. The highest BCUT2D eigenvalue weighted by Crippen LogP contribution is 2.08. The molecule has 0 saturated carbocycles. The van der Waals surface area contributed by atoms with Gasteiger partial charge in [0.1, 0.15) is 12.6 Å². The van der Waals surface area contributed by atoms with E-state index in [2.05, 4.69) is 0 Å². The molecule has 0 amide bonds. The van der Waals surface area contributed by atoms with Gasteiger partial charge >= 0.3 is 0 Å². The maximum atomic E-state index is 10.1. The number of carbonyl (C=O) groups is 2. The zero-order valence-corrected chi connectivity index (χ0v) is 12.9. The summed E-state index contributed by atoms with van der Waals surface area (Å²) in [6, 6.07) is 13.6. The highest BCUT2D eigenvalue weighted by Gasteiger charge is 1.88. The van der Waals surface area contributed by atoms with Crippen LogP contribution in [0.25, 0.3) is 0 Å². The number of aldehydes is 2. The summed E-state index contributed by atoms with van der Waals surface area (Å²) >= 11 is 11.1. The Hall–Kier alpha value is -1.64. The molecule has 106 valence electrons. The molecule has 0 unspecified atom stereocenters. The molecule has 0 saturated heterocycles. The minimum absolute atomic E-state index is 0.597.